The zero-order valence-corrected chi connectivity index (χ0v) is 9.42. The topological polar surface area (TPSA) is 58.8 Å². The lowest BCUT2D eigenvalue weighted by atomic mass is 10.2. The van der Waals surface area contributed by atoms with Gasteiger partial charge in [0, 0.05) is 17.3 Å². The summed E-state index contributed by atoms with van der Waals surface area (Å²) in [6, 6.07) is 13.3. The molecule has 0 amide bonds. The lowest BCUT2D eigenvalue weighted by Gasteiger charge is -2.05. The van der Waals surface area contributed by atoms with Gasteiger partial charge in [-0.15, -0.1) is 0 Å². The van der Waals surface area contributed by atoms with Crippen LogP contribution in [0.15, 0.2) is 36.4 Å². The third kappa shape index (κ3) is 2.79. The van der Waals surface area contributed by atoms with E-state index in [4.69, 9.17) is 10.00 Å². The molecule has 4 heteroatoms. The first kappa shape index (κ1) is 11.1. The monoisotopic (exact) mass is 225 g/mol. The predicted molar refractivity (Wildman–Crippen MR) is 63.3 cm³/mol. The number of ether oxygens (including phenoxy) is 1. The van der Waals surface area contributed by atoms with Crippen molar-refractivity contribution < 1.29 is 4.74 Å². The molecule has 0 aliphatic heterocycles. The molecule has 1 aromatic heterocycles. The first-order valence-corrected chi connectivity index (χ1v) is 5.20. The Morgan fingerprint density at radius 1 is 1.24 bits per heavy atom. The molecule has 0 atom stereocenters. The minimum atomic E-state index is -0.00924. The zero-order valence-electron chi connectivity index (χ0n) is 9.42. The fourth-order valence-electron chi connectivity index (χ4n) is 1.44. The van der Waals surface area contributed by atoms with E-state index in [2.05, 4.69) is 9.97 Å². The molecule has 17 heavy (non-hydrogen) atoms. The molecule has 0 spiro atoms. The number of aromatic nitrogens is 2. The maximum absolute atomic E-state index is 8.46. The molecular formula is C13H11N3O. The van der Waals surface area contributed by atoms with E-state index >= 15 is 0 Å². The van der Waals surface area contributed by atoms with E-state index in [-0.39, 0.29) is 6.61 Å². The highest BCUT2D eigenvalue weighted by Gasteiger charge is 2.05. The fraction of sp³-hybridized carbons (Fsp3) is 0.154. The first-order valence-electron chi connectivity index (χ1n) is 5.20. The van der Waals surface area contributed by atoms with Crippen LogP contribution >= 0.6 is 0 Å². The molecule has 0 aliphatic carbocycles. The number of aryl methyl sites for hydroxylation is 1. The van der Waals surface area contributed by atoms with E-state index in [9.17, 15) is 0 Å². The zero-order chi connectivity index (χ0) is 12.1. The van der Waals surface area contributed by atoms with Crippen molar-refractivity contribution in [3.05, 3.63) is 42.1 Å². The maximum Gasteiger partial charge on any atom is 0.218 e. The van der Waals surface area contributed by atoms with Gasteiger partial charge in [0.2, 0.25) is 5.88 Å². The van der Waals surface area contributed by atoms with Gasteiger partial charge in [-0.05, 0) is 6.92 Å². The molecule has 0 saturated carbocycles. The van der Waals surface area contributed by atoms with Crippen molar-refractivity contribution in [2.45, 2.75) is 6.92 Å². The molecule has 0 aliphatic rings. The molecule has 0 N–H and O–H groups in total. The summed E-state index contributed by atoms with van der Waals surface area (Å²) >= 11 is 0. The SMILES string of the molecule is Cc1cc(OCC#N)nc(-c2ccccc2)n1. The molecule has 2 rings (SSSR count). The second-order valence-corrected chi connectivity index (χ2v) is 3.48. The summed E-state index contributed by atoms with van der Waals surface area (Å²) in [5.74, 6) is 1.04. The summed E-state index contributed by atoms with van der Waals surface area (Å²) in [4.78, 5) is 8.60. The van der Waals surface area contributed by atoms with Gasteiger partial charge in [0.05, 0.1) is 0 Å². The summed E-state index contributed by atoms with van der Waals surface area (Å²) in [5, 5.41) is 8.46. The Bertz CT molecular complexity index is 546. The third-order valence-electron chi connectivity index (χ3n) is 2.15. The quantitative estimate of drug-likeness (QED) is 0.804. The van der Waals surface area contributed by atoms with Crippen molar-refractivity contribution in [3.8, 4) is 23.3 Å². The Labute approximate surface area is 99.5 Å². The van der Waals surface area contributed by atoms with Crippen LogP contribution in [0.25, 0.3) is 11.4 Å². The number of benzene rings is 1. The Morgan fingerprint density at radius 3 is 2.71 bits per heavy atom. The van der Waals surface area contributed by atoms with E-state index in [1.54, 1.807) is 6.07 Å². The minimum absolute atomic E-state index is 0.00924. The van der Waals surface area contributed by atoms with Crippen molar-refractivity contribution in [3.63, 3.8) is 0 Å². The van der Waals surface area contributed by atoms with Gasteiger partial charge in [-0.3, -0.25) is 0 Å². The van der Waals surface area contributed by atoms with Crippen molar-refractivity contribution in [1.82, 2.24) is 9.97 Å². The molecule has 84 valence electrons. The summed E-state index contributed by atoms with van der Waals surface area (Å²) < 4.78 is 5.19. The molecule has 0 fully saturated rings. The summed E-state index contributed by atoms with van der Waals surface area (Å²) in [6.07, 6.45) is 0. The Balaban J connectivity index is 2.36. The molecule has 0 radical (unpaired) electrons. The Morgan fingerprint density at radius 2 is 2.00 bits per heavy atom. The van der Waals surface area contributed by atoms with E-state index in [1.165, 1.54) is 0 Å². The van der Waals surface area contributed by atoms with Gasteiger partial charge < -0.3 is 4.74 Å². The number of nitriles is 1. The van der Waals surface area contributed by atoms with Gasteiger partial charge in [-0.2, -0.15) is 10.2 Å². The molecule has 1 heterocycles. The van der Waals surface area contributed by atoms with Crippen LogP contribution in [0.5, 0.6) is 5.88 Å². The molecule has 2 aromatic rings. The van der Waals surface area contributed by atoms with Gasteiger partial charge >= 0.3 is 0 Å². The molecular weight excluding hydrogens is 214 g/mol. The Hall–Kier alpha value is -2.41. The highest BCUT2D eigenvalue weighted by Crippen LogP contribution is 2.18. The van der Waals surface area contributed by atoms with E-state index < -0.39 is 0 Å². The van der Waals surface area contributed by atoms with Crippen molar-refractivity contribution in [2.24, 2.45) is 0 Å². The summed E-state index contributed by atoms with van der Waals surface area (Å²) in [6.45, 7) is 1.86. The van der Waals surface area contributed by atoms with Gasteiger partial charge in [0.15, 0.2) is 12.4 Å². The van der Waals surface area contributed by atoms with Crippen molar-refractivity contribution in [2.75, 3.05) is 6.61 Å². The maximum atomic E-state index is 8.46. The van der Waals surface area contributed by atoms with Gasteiger partial charge in [0.25, 0.3) is 0 Å². The van der Waals surface area contributed by atoms with Crippen molar-refractivity contribution in [1.29, 1.82) is 5.26 Å². The fourth-order valence-corrected chi connectivity index (χ4v) is 1.44. The molecule has 0 saturated heterocycles. The molecule has 0 bridgehead atoms. The van der Waals surface area contributed by atoms with Crippen LogP contribution in [0, 0.1) is 18.3 Å². The second-order valence-electron chi connectivity index (χ2n) is 3.48. The second kappa shape index (κ2) is 5.08. The number of rotatable bonds is 3. The third-order valence-corrected chi connectivity index (χ3v) is 2.15. The van der Waals surface area contributed by atoms with E-state index in [0.717, 1.165) is 11.3 Å². The average Bonchev–Trinajstić information content (AvgIpc) is 2.37. The number of nitrogens with zero attached hydrogens (tertiary/aromatic N) is 3. The molecule has 4 nitrogen and oxygen atoms in total. The number of hydrogen-bond acceptors (Lipinski definition) is 4. The highest BCUT2D eigenvalue weighted by atomic mass is 16.5. The smallest absolute Gasteiger partial charge is 0.218 e. The van der Waals surface area contributed by atoms with Gasteiger partial charge in [-0.25, -0.2) is 4.98 Å². The predicted octanol–water partition coefficient (Wildman–Crippen LogP) is 2.35. The first-order chi connectivity index (χ1) is 8.29. The average molecular weight is 225 g/mol. The normalized spacial score (nSPS) is 9.65. The Kier molecular flexibility index (Phi) is 3.31. The van der Waals surface area contributed by atoms with Gasteiger partial charge in [-0.1, -0.05) is 30.3 Å². The van der Waals surface area contributed by atoms with E-state index in [1.807, 2.05) is 43.3 Å². The van der Waals surface area contributed by atoms with Crippen LogP contribution in [-0.4, -0.2) is 16.6 Å². The van der Waals surface area contributed by atoms with E-state index in [0.29, 0.717) is 11.7 Å². The highest BCUT2D eigenvalue weighted by molar-refractivity contribution is 5.55. The lowest BCUT2D eigenvalue weighted by molar-refractivity contribution is 0.353. The van der Waals surface area contributed by atoms with Crippen molar-refractivity contribution >= 4 is 0 Å². The summed E-state index contributed by atoms with van der Waals surface area (Å²) in [5.41, 5.74) is 1.74. The lowest BCUT2D eigenvalue weighted by Crippen LogP contribution is -2.00. The van der Waals surface area contributed by atoms with Crippen LogP contribution in [0.2, 0.25) is 0 Å². The molecule has 1 aromatic carbocycles. The van der Waals surface area contributed by atoms with Crippen LogP contribution in [0.3, 0.4) is 0 Å². The van der Waals surface area contributed by atoms with Crippen LogP contribution in [0.4, 0.5) is 0 Å². The summed E-state index contributed by atoms with van der Waals surface area (Å²) in [7, 11) is 0. The minimum Gasteiger partial charge on any atom is -0.462 e. The standard InChI is InChI=1S/C13H11N3O/c1-10-9-12(17-8-7-14)16-13(15-10)11-5-3-2-4-6-11/h2-6,9H,8H2,1H3. The number of hydrogen-bond donors (Lipinski definition) is 0. The van der Waals surface area contributed by atoms with Crippen LogP contribution < -0.4 is 4.74 Å². The van der Waals surface area contributed by atoms with Crippen LogP contribution in [0.1, 0.15) is 5.69 Å². The van der Waals surface area contributed by atoms with Gasteiger partial charge in [0.1, 0.15) is 6.07 Å². The molecule has 0 unspecified atom stereocenters. The van der Waals surface area contributed by atoms with Crippen LogP contribution in [-0.2, 0) is 0 Å². The largest absolute Gasteiger partial charge is 0.462 e.